The molecular weight excluding hydrogens is 531 g/mol. The van der Waals surface area contributed by atoms with Gasteiger partial charge in [0, 0.05) is 24.9 Å². The Bertz CT molecular complexity index is 1500. The Kier molecular flexibility index (Phi) is 7.32. The maximum Gasteiger partial charge on any atom is 0.451 e. The third-order valence-corrected chi connectivity index (χ3v) is 8.77. The maximum absolute atomic E-state index is 13.9. The van der Waals surface area contributed by atoms with Gasteiger partial charge in [0.25, 0.3) is 0 Å². The van der Waals surface area contributed by atoms with Crippen molar-refractivity contribution in [1.29, 1.82) is 0 Å². The molecule has 0 radical (unpaired) electrons. The zero-order chi connectivity index (χ0) is 27.0. The normalized spacial score (nSPS) is 15.1. The topological polar surface area (TPSA) is 107 Å². The molecule has 13 heteroatoms. The lowest BCUT2D eigenvalue weighted by Crippen LogP contribution is -2.37. The molecule has 0 atom stereocenters. The highest BCUT2D eigenvalue weighted by Crippen LogP contribution is 2.41. The molecule has 1 aliphatic heterocycles. The summed E-state index contributed by atoms with van der Waals surface area (Å²) in [4.78, 5) is 9.51. The van der Waals surface area contributed by atoms with E-state index in [1.54, 1.807) is 4.90 Å². The van der Waals surface area contributed by atoms with Gasteiger partial charge < -0.3 is 9.64 Å². The number of anilines is 1. The zero-order valence-electron chi connectivity index (χ0n) is 20.0. The third-order valence-electron chi connectivity index (χ3n) is 5.89. The molecule has 2 heterocycles. The molecule has 0 aliphatic carbocycles. The molecule has 1 fully saturated rings. The number of benzene rings is 2. The van der Waals surface area contributed by atoms with E-state index in [-0.39, 0.29) is 64.5 Å². The van der Waals surface area contributed by atoms with Gasteiger partial charge in [0.1, 0.15) is 5.82 Å². The van der Waals surface area contributed by atoms with Crippen molar-refractivity contribution in [3.63, 3.8) is 0 Å². The van der Waals surface area contributed by atoms with Crippen molar-refractivity contribution in [2.45, 2.75) is 22.9 Å². The van der Waals surface area contributed by atoms with Gasteiger partial charge in [-0.05, 0) is 29.8 Å². The highest BCUT2D eigenvalue weighted by Gasteiger charge is 2.37. The van der Waals surface area contributed by atoms with Crippen LogP contribution >= 0.6 is 0 Å². The Morgan fingerprint density at radius 2 is 1.41 bits per heavy atom. The predicted molar refractivity (Wildman–Crippen MR) is 132 cm³/mol. The second-order valence-corrected chi connectivity index (χ2v) is 12.7. The van der Waals surface area contributed by atoms with E-state index in [1.807, 2.05) is 0 Å². The molecule has 8 nitrogen and oxygen atoms in total. The molecule has 1 saturated heterocycles. The van der Waals surface area contributed by atoms with Crippen LogP contribution in [-0.4, -0.2) is 65.1 Å². The number of nitrogens with zero attached hydrogens (tertiary/aromatic N) is 3. The van der Waals surface area contributed by atoms with Crippen molar-refractivity contribution in [2.75, 3.05) is 43.2 Å². The predicted octanol–water partition coefficient (Wildman–Crippen LogP) is 3.86. The molecule has 37 heavy (non-hydrogen) atoms. The van der Waals surface area contributed by atoms with Gasteiger partial charge in [-0.15, -0.1) is 0 Å². The Morgan fingerprint density at radius 1 is 0.865 bits per heavy atom. The summed E-state index contributed by atoms with van der Waals surface area (Å²) in [6, 6.07) is 11.2. The third kappa shape index (κ3) is 5.78. The van der Waals surface area contributed by atoms with Gasteiger partial charge in [0.2, 0.25) is 5.82 Å². The Balaban J connectivity index is 2.00. The van der Waals surface area contributed by atoms with Gasteiger partial charge in [0.05, 0.1) is 40.0 Å². The van der Waals surface area contributed by atoms with E-state index in [4.69, 9.17) is 4.74 Å². The van der Waals surface area contributed by atoms with Crippen molar-refractivity contribution in [3.8, 4) is 22.4 Å². The van der Waals surface area contributed by atoms with Crippen LogP contribution in [-0.2, 0) is 30.6 Å². The number of halogens is 3. The van der Waals surface area contributed by atoms with E-state index >= 15 is 0 Å². The van der Waals surface area contributed by atoms with Gasteiger partial charge in [-0.3, -0.25) is 0 Å². The monoisotopic (exact) mass is 555 g/mol. The first-order valence-corrected chi connectivity index (χ1v) is 14.8. The number of ether oxygens (including phenoxy) is 1. The summed E-state index contributed by atoms with van der Waals surface area (Å²) in [5.74, 6) is -1.42. The van der Waals surface area contributed by atoms with E-state index in [9.17, 15) is 30.0 Å². The van der Waals surface area contributed by atoms with Crippen molar-refractivity contribution >= 4 is 25.5 Å². The fourth-order valence-electron chi connectivity index (χ4n) is 3.91. The van der Waals surface area contributed by atoms with Gasteiger partial charge in [-0.25, -0.2) is 26.8 Å². The average molecular weight is 556 g/mol. The van der Waals surface area contributed by atoms with Crippen LogP contribution in [0.5, 0.6) is 0 Å². The van der Waals surface area contributed by atoms with Crippen molar-refractivity contribution in [2.24, 2.45) is 0 Å². The van der Waals surface area contributed by atoms with Crippen molar-refractivity contribution in [1.82, 2.24) is 9.97 Å². The summed E-state index contributed by atoms with van der Waals surface area (Å²) >= 11 is 0. The highest BCUT2D eigenvalue weighted by atomic mass is 32.2. The lowest BCUT2D eigenvalue weighted by Gasteiger charge is -2.31. The minimum absolute atomic E-state index is 0.00503. The molecule has 1 aliphatic rings. The summed E-state index contributed by atoms with van der Waals surface area (Å²) in [5, 5.41) is 0. The van der Waals surface area contributed by atoms with E-state index in [2.05, 4.69) is 9.97 Å². The molecule has 0 amide bonds. The summed E-state index contributed by atoms with van der Waals surface area (Å²) in [6.45, 7) is 2.67. The molecule has 198 valence electrons. The highest BCUT2D eigenvalue weighted by molar-refractivity contribution is 7.91. The first-order valence-electron chi connectivity index (χ1n) is 11.3. The Hall–Kier alpha value is -3.03. The second-order valence-electron chi connectivity index (χ2n) is 8.42. The zero-order valence-corrected chi connectivity index (χ0v) is 21.6. The standard InChI is InChI=1S/C24H24F3N3O5S2/c1-3-37(33,34)19-10-4-16(5-11-19)20-21(17-6-8-18(9-7-17)36(2,31)32)28-23(24(25,26)27)29-22(20)30-12-14-35-15-13-30/h4-11H,3,12-15H2,1-2H3. The first kappa shape index (κ1) is 27.0. The Labute approximate surface area is 213 Å². The molecule has 0 bridgehead atoms. The number of hydrogen-bond acceptors (Lipinski definition) is 8. The number of aromatic nitrogens is 2. The van der Waals surface area contributed by atoms with Crippen LogP contribution < -0.4 is 4.90 Å². The second kappa shape index (κ2) is 10.0. The molecule has 1 aromatic heterocycles. The molecule has 0 saturated carbocycles. The summed E-state index contributed by atoms with van der Waals surface area (Å²) in [6.07, 6.45) is -3.82. The smallest absolute Gasteiger partial charge is 0.378 e. The molecule has 0 spiro atoms. The lowest BCUT2D eigenvalue weighted by atomic mass is 9.98. The molecular formula is C24H24F3N3O5S2. The number of rotatable bonds is 6. The summed E-state index contributed by atoms with van der Waals surface area (Å²) in [5.41, 5.74) is 0.861. The van der Waals surface area contributed by atoms with Crippen LogP contribution in [0.1, 0.15) is 12.7 Å². The maximum atomic E-state index is 13.9. The molecule has 4 rings (SSSR count). The number of alkyl halides is 3. The first-order chi connectivity index (χ1) is 17.3. The SMILES string of the molecule is CCS(=O)(=O)c1ccc(-c2c(-c3ccc(S(C)(=O)=O)cc3)nc(C(F)(F)F)nc2N2CCOCC2)cc1. The van der Waals surface area contributed by atoms with Crippen LogP contribution in [0.3, 0.4) is 0 Å². The fraction of sp³-hybridized carbons (Fsp3) is 0.333. The molecule has 3 aromatic rings. The number of morpholine rings is 1. The summed E-state index contributed by atoms with van der Waals surface area (Å²) in [7, 11) is -7.03. The van der Waals surface area contributed by atoms with Gasteiger partial charge >= 0.3 is 6.18 Å². The Morgan fingerprint density at radius 3 is 1.92 bits per heavy atom. The van der Waals surface area contributed by atoms with Crippen LogP contribution in [0, 0.1) is 0 Å². The largest absolute Gasteiger partial charge is 0.451 e. The van der Waals surface area contributed by atoms with Crippen molar-refractivity contribution < 1.29 is 34.7 Å². The van der Waals surface area contributed by atoms with Gasteiger partial charge in [-0.1, -0.05) is 31.2 Å². The van der Waals surface area contributed by atoms with Crippen LogP contribution in [0.2, 0.25) is 0 Å². The number of hydrogen-bond donors (Lipinski definition) is 0. The minimum atomic E-state index is -4.85. The van der Waals surface area contributed by atoms with E-state index in [1.165, 1.54) is 55.5 Å². The van der Waals surface area contributed by atoms with E-state index < -0.39 is 31.7 Å². The van der Waals surface area contributed by atoms with Crippen LogP contribution in [0.15, 0.2) is 58.3 Å². The molecule has 0 N–H and O–H groups in total. The van der Waals surface area contributed by atoms with Crippen LogP contribution in [0.4, 0.5) is 19.0 Å². The fourth-order valence-corrected chi connectivity index (χ4v) is 5.42. The van der Waals surface area contributed by atoms with Crippen molar-refractivity contribution in [3.05, 3.63) is 54.4 Å². The van der Waals surface area contributed by atoms with E-state index in [0.717, 1.165) is 6.26 Å². The molecule has 0 unspecified atom stereocenters. The minimum Gasteiger partial charge on any atom is -0.378 e. The van der Waals surface area contributed by atoms with Gasteiger partial charge in [-0.2, -0.15) is 13.2 Å². The lowest BCUT2D eigenvalue weighted by molar-refractivity contribution is -0.144. The average Bonchev–Trinajstić information content (AvgIpc) is 2.87. The quantitative estimate of drug-likeness (QED) is 0.452. The van der Waals surface area contributed by atoms with E-state index in [0.29, 0.717) is 5.56 Å². The van der Waals surface area contributed by atoms with Gasteiger partial charge in [0.15, 0.2) is 19.7 Å². The summed E-state index contributed by atoms with van der Waals surface area (Å²) < 4.78 is 95.5. The molecule has 2 aromatic carbocycles. The number of sulfone groups is 2. The van der Waals surface area contributed by atoms with Crippen LogP contribution in [0.25, 0.3) is 22.4 Å².